The molecule has 0 aliphatic heterocycles. The highest BCUT2D eigenvalue weighted by Gasteiger charge is 2.58. The maximum atomic E-state index is 13.7. The molecule has 222 valence electrons. The summed E-state index contributed by atoms with van der Waals surface area (Å²) >= 11 is 0. The van der Waals surface area contributed by atoms with Crippen LogP contribution in [0.1, 0.15) is 115 Å². The van der Waals surface area contributed by atoms with Crippen LogP contribution in [0, 0.1) is 5.41 Å². The van der Waals surface area contributed by atoms with Gasteiger partial charge in [0.1, 0.15) is 0 Å². The van der Waals surface area contributed by atoms with E-state index in [9.17, 15) is 4.79 Å². The number of fused-ring (bicyclic) bond motifs is 8. The Morgan fingerprint density at radius 3 is 2.39 bits per heavy atom. The van der Waals surface area contributed by atoms with Gasteiger partial charge in [-0.15, -0.1) is 0 Å². The van der Waals surface area contributed by atoms with Crippen molar-refractivity contribution in [1.29, 1.82) is 0 Å². The van der Waals surface area contributed by atoms with Gasteiger partial charge in [0.15, 0.2) is 0 Å². The highest BCUT2D eigenvalue weighted by Crippen LogP contribution is 2.65. The normalized spacial score (nSPS) is 23.5. The predicted octanol–water partition coefficient (Wildman–Crippen LogP) is 9.05. The first kappa shape index (κ1) is 29.9. The fourth-order valence-electron chi connectivity index (χ4n) is 8.30. The van der Waals surface area contributed by atoms with Crippen LogP contribution in [0.2, 0.25) is 0 Å². The van der Waals surface area contributed by atoms with Gasteiger partial charge < -0.3 is 14.2 Å². The Bertz CT molecular complexity index is 1380. The Kier molecular flexibility index (Phi) is 8.71. The fraction of sp³-hybridized carbons (Fsp3) is 0.595. The van der Waals surface area contributed by atoms with Crippen LogP contribution in [0.3, 0.4) is 0 Å². The number of nitrogens with zero attached hydrogens (tertiary/aromatic N) is 2. The van der Waals surface area contributed by atoms with Gasteiger partial charge in [0.2, 0.25) is 0 Å². The van der Waals surface area contributed by atoms with Gasteiger partial charge in [-0.05, 0) is 80.4 Å². The molecular weight excluding hydrogens is 504 g/mol. The first-order chi connectivity index (χ1) is 19.7. The summed E-state index contributed by atoms with van der Waals surface area (Å²) in [6.07, 6.45) is 7.91. The zero-order valence-electron chi connectivity index (χ0n) is 26.7. The lowest BCUT2D eigenvalue weighted by Crippen LogP contribution is -2.50. The van der Waals surface area contributed by atoms with Crippen molar-refractivity contribution >= 4 is 16.9 Å². The number of rotatable bonds is 11. The Hall–Kier alpha value is -2.59. The van der Waals surface area contributed by atoms with Crippen LogP contribution in [0.5, 0.6) is 0 Å². The van der Waals surface area contributed by atoms with E-state index in [0.29, 0.717) is 5.92 Å². The summed E-state index contributed by atoms with van der Waals surface area (Å²) in [6, 6.07) is 16.2. The molecular formula is C37H52N2O2. The molecule has 0 N–H and O–H groups in total. The summed E-state index contributed by atoms with van der Waals surface area (Å²) in [4.78, 5) is 16.3. The molecule has 2 aromatic carbocycles. The van der Waals surface area contributed by atoms with E-state index in [-0.39, 0.29) is 17.3 Å². The third-order valence-electron chi connectivity index (χ3n) is 10.5. The quantitative estimate of drug-likeness (QED) is 0.221. The topological polar surface area (TPSA) is 34.5 Å². The third-order valence-corrected chi connectivity index (χ3v) is 10.5. The molecule has 1 aromatic heterocycles. The van der Waals surface area contributed by atoms with Crippen molar-refractivity contribution in [2.24, 2.45) is 5.41 Å². The first-order valence-corrected chi connectivity index (χ1v) is 16.3. The largest absolute Gasteiger partial charge is 0.469 e. The van der Waals surface area contributed by atoms with Crippen molar-refractivity contribution in [3.8, 4) is 11.3 Å². The minimum atomic E-state index is -0.575. The number of aromatic nitrogens is 1. The number of esters is 1. The minimum Gasteiger partial charge on any atom is -0.469 e. The van der Waals surface area contributed by atoms with E-state index in [1.165, 1.54) is 64.5 Å². The minimum absolute atomic E-state index is 0.0611. The van der Waals surface area contributed by atoms with E-state index >= 15 is 0 Å². The third kappa shape index (κ3) is 5.05. The molecule has 0 radical (unpaired) electrons. The number of unbranched alkanes of at least 4 members (excludes halogenated alkanes) is 2. The maximum absolute atomic E-state index is 13.7. The Morgan fingerprint density at radius 1 is 1.02 bits per heavy atom. The smallest absolute Gasteiger partial charge is 0.312 e. The zero-order valence-corrected chi connectivity index (χ0v) is 26.7. The van der Waals surface area contributed by atoms with Crippen molar-refractivity contribution in [2.45, 2.75) is 110 Å². The summed E-state index contributed by atoms with van der Waals surface area (Å²) in [7, 11) is 1.57. The van der Waals surface area contributed by atoms with Crippen LogP contribution in [0.25, 0.3) is 22.2 Å². The van der Waals surface area contributed by atoms with E-state index in [1.54, 1.807) is 7.11 Å². The summed E-state index contributed by atoms with van der Waals surface area (Å²) in [6.45, 7) is 18.1. The fourth-order valence-corrected chi connectivity index (χ4v) is 8.30. The van der Waals surface area contributed by atoms with Gasteiger partial charge >= 0.3 is 5.97 Å². The zero-order chi connectivity index (χ0) is 29.4. The van der Waals surface area contributed by atoms with Gasteiger partial charge in [0.05, 0.1) is 18.2 Å². The molecule has 3 aromatic rings. The molecule has 0 saturated heterocycles. The highest BCUT2D eigenvalue weighted by atomic mass is 16.5. The van der Waals surface area contributed by atoms with Gasteiger partial charge in [0.25, 0.3) is 0 Å². The SMILES string of the molecule is CCCCN(CCCC)CCn1c2c(c3ccccc31)C1[C@](C)(C(=O)OC)CCC[C@]1(C)c1ccc(C(C)C)cc1-2. The van der Waals surface area contributed by atoms with E-state index in [1.807, 2.05) is 0 Å². The Balaban J connectivity index is 1.76. The molecule has 1 unspecified atom stereocenters. The average Bonchev–Trinajstić information content (AvgIpc) is 3.29. The van der Waals surface area contributed by atoms with Gasteiger partial charge in [0, 0.05) is 40.9 Å². The molecule has 5 rings (SSSR count). The number of hydrogen-bond acceptors (Lipinski definition) is 3. The van der Waals surface area contributed by atoms with Crippen LogP contribution in [-0.4, -0.2) is 42.2 Å². The summed E-state index contributed by atoms with van der Waals surface area (Å²) in [5.41, 5.74) is 7.47. The van der Waals surface area contributed by atoms with Crippen LogP contribution in [0.4, 0.5) is 0 Å². The first-order valence-electron chi connectivity index (χ1n) is 16.3. The second-order valence-corrected chi connectivity index (χ2v) is 13.6. The average molecular weight is 557 g/mol. The van der Waals surface area contributed by atoms with Gasteiger partial charge in [-0.25, -0.2) is 0 Å². The molecule has 2 aliphatic rings. The second-order valence-electron chi connectivity index (χ2n) is 13.6. The Labute approximate surface area is 248 Å². The van der Waals surface area contributed by atoms with Crippen molar-refractivity contribution in [3.05, 3.63) is 59.2 Å². The molecule has 3 atom stereocenters. The molecule has 1 fully saturated rings. The summed E-state index contributed by atoms with van der Waals surface area (Å²) < 4.78 is 8.18. The van der Waals surface area contributed by atoms with Crippen molar-refractivity contribution < 1.29 is 9.53 Å². The van der Waals surface area contributed by atoms with Gasteiger partial charge in [-0.1, -0.05) is 84.2 Å². The maximum Gasteiger partial charge on any atom is 0.312 e. The molecule has 41 heavy (non-hydrogen) atoms. The molecule has 1 saturated carbocycles. The lowest BCUT2D eigenvalue weighted by Gasteiger charge is -2.54. The lowest BCUT2D eigenvalue weighted by molar-refractivity contribution is -0.157. The molecule has 4 heteroatoms. The Morgan fingerprint density at radius 2 is 1.73 bits per heavy atom. The van der Waals surface area contributed by atoms with Crippen LogP contribution in [-0.2, 0) is 21.5 Å². The van der Waals surface area contributed by atoms with E-state index in [2.05, 4.69) is 93.5 Å². The number of hydrogen-bond donors (Lipinski definition) is 0. The van der Waals surface area contributed by atoms with Gasteiger partial charge in [-0.2, -0.15) is 0 Å². The number of carbonyl (C=O) groups excluding carboxylic acids is 1. The standard InChI is InChI=1S/C37H52N2O2/c1-8-10-21-38(22-11-9-2)23-24-39-31-16-13-12-15-28(31)32-33(39)29-25-27(26(3)4)17-18-30(29)36(5)19-14-20-37(6,34(32)36)35(40)41-7/h12-13,15-18,25-26,34H,8-11,14,19-24H2,1-7H3/t34?,36-,37-/m1/s1. The van der Waals surface area contributed by atoms with Gasteiger partial charge in [-0.3, -0.25) is 4.79 Å². The molecule has 0 amide bonds. The summed E-state index contributed by atoms with van der Waals surface area (Å²) in [5.74, 6) is 0.451. The molecule has 4 nitrogen and oxygen atoms in total. The van der Waals surface area contributed by atoms with Crippen LogP contribution < -0.4 is 0 Å². The molecule has 2 aliphatic carbocycles. The molecule has 0 spiro atoms. The van der Waals surface area contributed by atoms with Crippen LogP contribution >= 0.6 is 0 Å². The number of carbonyl (C=O) groups is 1. The highest BCUT2D eigenvalue weighted by molar-refractivity contribution is 5.96. The van der Waals surface area contributed by atoms with Crippen molar-refractivity contribution in [3.63, 3.8) is 0 Å². The summed E-state index contributed by atoms with van der Waals surface area (Å²) in [5, 5.41) is 1.31. The molecule has 0 bridgehead atoms. The van der Waals surface area contributed by atoms with E-state index in [4.69, 9.17) is 4.74 Å². The second kappa shape index (κ2) is 12.0. The van der Waals surface area contributed by atoms with E-state index in [0.717, 1.165) is 45.4 Å². The number of para-hydroxylation sites is 1. The predicted molar refractivity (Wildman–Crippen MR) is 172 cm³/mol. The van der Waals surface area contributed by atoms with Crippen LogP contribution in [0.15, 0.2) is 42.5 Å². The van der Waals surface area contributed by atoms with Crippen molar-refractivity contribution in [1.82, 2.24) is 9.47 Å². The van der Waals surface area contributed by atoms with Crippen molar-refractivity contribution in [2.75, 3.05) is 26.7 Å². The monoisotopic (exact) mass is 556 g/mol. The van der Waals surface area contributed by atoms with E-state index < -0.39 is 5.41 Å². The number of ether oxygens (including phenoxy) is 1. The lowest BCUT2D eigenvalue weighted by atomic mass is 9.49. The number of methoxy groups -OCH3 is 1. The number of benzene rings is 2. The molecule has 1 heterocycles.